The number of aryl methyl sites for hydroxylation is 1. The Morgan fingerprint density at radius 1 is 1.33 bits per heavy atom. The molecule has 2 aromatic rings. The van der Waals surface area contributed by atoms with E-state index in [1.165, 1.54) is 0 Å². The van der Waals surface area contributed by atoms with Crippen LogP contribution in [-0.2, 0) is 7.05 Å². The van der Waals surface area contributed by atoms with Crippen molar-refractivity contribution in [1.82, 2.24) is 20.1 Å². The van der Waals surface area contributed by atoms with Crippen molar-refractivity contribution < 1.29 is 9.47 Å². The second kappa shape index (κ2) is 7.33. The first-order valence-electron chi connectivity index (χ1n) is 6.55. The average molecular weight is 308 g/mol. The van der Waals surface area contributed by atoms with Crippen molar-refractivity contribution in [2.45, 2.75) is 11.2 Å². The number of rotatable bonds is 7. The summed E-state index contributed by atoms with van der Waals surface area (Å²) in [6.07, 6.45) is 1.70. The Kier molecular flexibility index (Phi) is 5.46. The van der Waals surface area contributed by atoms with E-state index in [1.54, 1.807) is 32.3 Å². The van der Waals surface area contributed by atoms with E-state index in [4.69, 9.17) is 9.47 Å². The minimum absolute atomic E-state index is 0.122. The van der Waals surface area contributed by atoms with Gasteiger partial charge in [0.05, 0.1) is 14.2 Å². The number of nitrogens with one attached hydrogen (secondary N) is 1. The molecular formula is C14H20N4O2S. The van der Waals surface area contributed by atoms with Gasteiger partial charge < -0.3 is 19.4 Å². The van der Waals surface area contributed by atoms with Crippen LogP contribution in [-0.4, -0.2) is 41.8 Å². The summed E-state index contributed by atoms with van der Waals surface area (Å²) < 4.78 is 12.7. The van der Waals surface area contributed by atoms with E-state index in [-0.39, 0.29) is 6.04 Å². The van der Waals surface area contributed by atoms with Crippen molar-refractivity contribution >= 4 is 11.8 Å². The minimum Gasteiger partial charge on any atom is -0.497 e. The molecular weight excluding hydrogens is 288 g/mol. The quantitative estimate of drug-likeness (QED) is 0.788. The van der Waals surface area contributed by atoms with Gasteiger partial charge in [-0.3, -0.25) is 0 Å². The molecule has 0 radical (unpaired) electrons. The van der Waals surface area contributed by atoms with Crippen LogP contribution in [0, 0.1) is 0 Å². The molecule has 114 valence electrons. The van der Waals surface area contributed by atoms with Crippen LogP contribution in [0.3, 0.4) is 0 Å². The van der Waals surface area contributed by atoms with Crippen molar-refractivity contribution in [2.24, 2.45) is 7.05 Å². The molecule has 1 heterocycles. The van der Waals surface area contributed by atoms with Crippen LogP contribution in [0.5, 0.6) is 11.5 Å². The molecule has 7 heteroatoms. The van der Waals surface area contributed by atoms with Gasteiger partial charge in [0.1, 0.15) is 17.8 Å². The highest BCUT2D eigenvalue weighted by Gasteiger charge is 2.17. The molecule has 0 spiro atoms. The van der Waals surface area contributed by atoms with E-state index in [0.29, 0.717) is 0 Å². The van der Waals surface area contributed by atoms with Gasteiger partial charge in [-0.1, -0.05) is 11.8 Å². The molecule has 1 atom stereocenters. The van der Waals surface area contributed by atoms with Gasteiger partial charge in [-0.05, 0) is 25.2 Å². The molecule has 1 aromatic heterocycles. The Morgan fingerprint density at radius 2 is 2.14 bits per heavy atom. The van der Waals surface area contributed by atoms with E-state index in [9.17, 15) is 0 Å². The third-order valence-electron chi connectivity index (χ3n) is 3.21. The van der Waals surface area contributed by atoms with E-state index in [0.717, 1.165) is 28.0 Å². The number of hydrogen-bond acceptors (Lipinski definition) is 6. The molecule has 0 aliphatic heterocycles. The van der Waals surface area contributed by atoms with E-state index >= 15 is 0 Å². The maximum absolute atomic E-state index is 5.45. The summed E-state index contributed by atoms with van der Waals surface area (Å²) in [4.78, 5) is 0. The zero-order valence-corrected chi connectivity index (χ0v) is 13.5. The van der Waals surface area contributed by atoms with Crippen molar-refractivity contribution in [3.63, 3.8) is 0 Å². The second-order valence-electron chi connectivity index (χ2n) is 4.48. The maximum Gasteiger partial charge on any atom is 0.190 e. The van der Waals surface area contributed by atoms with Gasteiger partial charge in [-0.15, -0.1) is 10.2 Å². The number of ether oxygens (including phenoxy) is 2. The molecule has 1 unspecified atom stereocenters. The van der Waals surface area contributed by atoms with Crippen LogP contribution < -0.4 is 14.8 Å². The lowest BCUT2D eigenvalue weighted by molar-refractivity contribution is 0.394. The molecule has 21 heavy (non-hydrogen) atoms. The fourth-order valence-corrected chi connectivity index (χ4v) is 3.02. The van der Waals surface area contributed by atoms with Crippen molar-refractivity contribution in [2.75, 3.05) is 27.0 Å². The van der Waals surface area contributed by atoms with Crippen LogP contribution in [0.4, 0.5) is 0 Å². The molecule has 0 amide bonds. The summed E-state index contributed by atoms with van der Waals surface area (Å²) in [6, 6.07) is 5.94. The fourth-order valence-electron chi connectivity index (χ4n) is 2.00. The summed E-state index contributed by atoms with van der Waals surface area (Å²) in [5, 5.41) is 12.2. The molecule has 0 aliphatic carbocycles. The predicted octanol–water partition coefficient (Wildman–Crippen LogP) is 1.89. The third-order valence-corrected chi connectivity index (χ3v) is 4.34. The fraction of sp³-hybridized carbons (Fsp3) is 0.429. The zero-order valence-electron chi connectivity index (χ0n) is 12.7. The molecule has 0 aliphatic rings. The Hall–Kier alpha value is -1.73. The highest BCUT2D eigenvalue weighted by atomic mass is 32.2. The largest absolute Gasteiger partial charge is 0.497 e. The molecule has 0 fully saturated rings. The summed E-state index contributed by atoms with van der Waals surface area (Å²) in [5.74, 6) is 2.47. The van der Waals surface area contributed by atoms with Gasteiger partial charge in [-0.25, -0.2) is 0 Å². The van der Waals surface area contributed by atoms with Crippen molar-refractivity contribution in [3.8, 4) is 11.5 Å². The maximum atomic E-state index is 5.45. The number of methoxy groups -OCH3 is 2. The third kappa shape index (κ3) is 3.68. The zero-order chi connectivity index (χ0) is 15.2. The number of nitrogens with zero attached hydrogens (tertiary/aromatic N) is 3. The Balaban J connectivity index is 2.18. The van der Waals surface area contributed by atoms with Gasteiger partial charge >= 0.3 is 0 Å². The van der Waals surface area contributed by atoms with Crippen molar-refractivity contribution in [1.29, 1.82) is 0 Å². The SMILES string of the molecule is CNC(CSc1nncn1C)c1cc(OC)ccc1OC. The summed E-state index contributed by atoms with van der Waals surface area (Å²) in [5.41, 5.74) is 1.06. The molecule has 2 rings (SSSR count). The molecule has 1 N–H and O–H groups in total. The highest BCUT2D eigenvalue weighted by molar-refractivity contribution is 7.99. The number of thioether (sulfide) groups is 1. The normalized spacial score (nSPS) is 12.2. The first-order valence-corrected chi connectivity index (χ1v) is 7.54. The monoisotopic (exact) mass is 308 g/mol. The standard InChI is InChI=1S/C14H20N4O2S/c1-15-12(8-21-14-17-16-9-18(14)2)11-7-10(19-3)5-6-13(11)20-4/h5-7,9,12,15H,8H2,1-4H3. The van der Waals surface area contributed by atoms with Gasteiger partial charge in [0, 0.05) is 24.4 Å². The van der Waals surface area contributed by atoms with Gasteiger partial charge in [0.2, 0.25) is 0 Å². The summed E-state index contributed by atoms with van der Waals surface area (Å²) in [6.45, 7) is 0. The Labute approximate surface area is 128 Å². The van der Waals surface area contributed by atoms with E-state index in [1.807, 2.05) is 36.9 Å². The second-order valence-corrected chi connectivity index (χ2v) is 5.47. The first-order chi connectivity index (χ1) is 10.2. The lowest BCUT2D eigenvalue weighted by Gasteiger charge is -2.19. The van der Waals surface area contributed by atoms with Crippen LogP contribution in [0.25, 0.3) is 0 Å². The summed E-state index contributed by atoms with van der Waals surface area (Å²) in [7, 11) is 7.20. The Bertz CT molecular complexity index is 588. The van der Waals surface area contributed by atoms with Crippen LogP contribution in [0.1, 0.15) is 11.6 Å². The lowest BCUT2D eigenvalue weighted by Crippen LogP contribution is -2.19. The number of benzene rings is 1. The highest BCUT2D eigenvalue weighted by Crippen LogP contribution is 2.32. The minimum atomic E-state index is 0.122. The van der Waals surface area contributed by atoms with Gasteiger partial charge in [0.25, 0.3) is 0 Å². The van der Waals surface area contributed by atoms with Crippen LogP contribution in [0.15, 0.2) is 29.7 Å². The topological polar surface area (TPSA) is 61.2 Å². The lowest BCUT2D eigenvalue weighted by atomic mass is 10.1. The molecule has 0 bridgehead atoms. The number of hydrogen-bond donors (Lipinski definition) is 1. The molecule has 1 aromatic carbocycles. The van der Waals surface area contributed by atoms with Crippen LogP contribution in [0.2, 0.25) is 0 Å². The van der Waals surface area contributed by atoms with E-state index in [2.05, 4.69) is 15.5 Å². The predicted molar refractivity (Wildman–Crippen MR) is 83.1 cm³/mol. The molecule has 6 nitrogen and oxygen atoms in total. The van der Waals surface area contributed by atoms with Gasteiger partial charge in [0.15, 0.2) is 5.16 Å². The van der Waals surface area contributed by atoms with Gasteiger partial charge in [-0.2, -0.15) is 0 Å². The van der Waals surface area contributed by atoms with Crippen molar-refractivity contribution in [3.05, 3.63) is 30.1 Å². The molecule has 0 saturated carbocycles. The smallest absolute Gasteiger partial charge is 0.190 e. The summed E-state index contributed by atoms with van der Waals surface area (Å²) >= 11 is 1.64. The Morgan fingerprint density at radius 3 is 2.71 bits per heavy atom. The molecule has 0 saturated heterocycles. The number of aromatic nitrogens is 3. The van der Waals surface area contributed by atoms with Crippen LogP contribution >= 0.6 is 11.8 Å². The average Bonchev–Trinajstić information content (AvgIpc) is 2.93. The van der Waals surface area contributed by atoms with E-state index < -0.39 is 0 Å². The first kappa shape index (κ1) is 15.7.